The molecular weight excluding hydrogens is 313 g/mol. The predicted molar refractivity (Wildman–Crippen MR) is 75.1 cm³/mol. The first kappa shape index (κ1) is 16.9. The summed E-state index contributed by atoms with van der Waals surface area (Å²) in [5.41, 5.74) is 1.51. The highest BCUT2D eigenvalue weighted by Gasteiger charge is 2.39. The maximum atomic E-state index is 12.4. The van der Waals surface area contributed by atoms with E-state index < -0.39 is 24.7 Å². The second kappa shape index (κ2) is 6.37. The first-order valence-electron chi connectivity index (χ1n) is 6.66. The molecule has 0 aliphatic heterocycles. The number of aromatic nitrogens is 3. The van der Waals surface area contributed by atoms with Gasteiger partial charge in [-0.2, -0.15) is 18.3 Å². The van der Waals surface area contributed by atoms with Gasteiger partial charge in [0.1, 0.15) is 12.7 Å². The Morgan fingerprint density at radius 2 is 2.13 bits per heavy atom. The molecule has 2 rings (SSSR count). The fraction of sp³-hybridized carbons (Fsp3) is 0.357. The van der Waals surface area contributed by atoms with Crippen LogP contribution < -0.4 is 0 Å². The number of aliphatic hydroxyl groups excluding tert-OH is 1. The Balaban J connectivity index is 2.16. The lowest BCUT2D eigenvalue weighted by atomic mass is 10.1. The summed E-state index contributed by atoms with van der Waals surface area (Å²) in [6, 6.07) is 4.80. The van der Waals surface area contributed by atoms with Crippen molar-refractivity contribution in [3.05, 3.63) is 42.0 Å². The van der Waals surface area contributed by atoms with Crippen LogP contribution in [-0.4, -0.2) is 56.6 Å². The van der Waals surface area contributed by atoms with E-state index in [-0.39, 0.29) is 5.56 Å². The van der Waals surface area contributed by atoms with Gasteiger partial charge in [0.05, 0.1) is 12.2 Å². The molecule has 0 aliphatic carbocycles. The van der Waals surface area contributed by atoms with Crippen molar-refractivity contribution in [2.75, 3.05) is 13.6 Å². The first-order valence-corrected chi connectivity index (χ1v) is 6.66. The largest absolute Gasteiger partial charge is 0.416 e. The van der Waals surface area contributed by atoms with E-state index in [0.29, 0.717) is 11.3 Å². The number of hydrogen-bond donors (Lipinski definition) is 1. The van der Waals surface area contributed by atoms with Gasteiger partial charge in [-0.15, -0.1) is 0 Å². The van der Waals surface area contributed by atoms with Crippen LogP contribution in [0.25, 0.3) is 5.69 Å². The van der Waals surface area contributed by atoms with E-state index in [1.807, 2.05) is 0 Å². The number of nitrogens with zero attached hydrogens (tertiary/aromatic N) is 4. The van der Waals surface area contributed by atoms with Crippen LogP contribution in [0.5, 0.6) is 0 Å². The molecule has 0 saturated carbocycles. The zero-order valence-electron chi connectivity index (χ0n) is 12.4. The monoisotopic (exact) mass is 328 g/mol. The van der Waals surface area contributed by atoms with Gasteiger partial charge in [0, 0.05) is 12.6 Å². The average Bonchev–Trinajstić information content (AvgIpc) is 2.99. The zero-order chi connectivity index (χ0) is 17.2. The summed E-state index contributed by atoms with van der Waals surface area (Å²) < 4.78 is 38.6. The van der Waals surface area contributed by atoms with Crippen LogP contribution in [-0.2, 0) is 0 Å². The van der Waals surface area contributed by atoms with Crippen molar-refractivity contribution in [2.45, 2.75) is 19.2 Å². The molecule has 124 valence electrons. The predicted octanol–water partition coefficient (Wildman–Crippen LogP) is 1.57. The number of rotatable bonds is 4. The number of amides is 1. The third-order valence-electron chi connectivity index (χ3n) is 3.30. The van der Waals surface area contributed by atoms with E-state index in [1.165, 1.54) is 30.5 Å². The van der Waals surface area contributed by atoms with Crippen molar-refractivity contribution in [1.82, 2.24) is 19.7 Å². The standard InChI is InChI=1S/C14H15F3N4O2/c1-9-5-10(21-8-18-7-19-21)3-4-11(9)13(23)20(2)6-12(22)14(15,16)17/h3-5,7-8,12,22H,6H2,1-2H3. The third-order valence-corrected chi connectivity index (χ3v) is 3.30. The molecule has 0 saturated heterocycles. The number of benzene rings is 1. The average molecular weight is 328 g/mol. The van der Waals surface area contributed by atoms with Gasteiger partial charge < -0.3 is 10.0 Å². The zero-order valence-corrected chi connectivity index (χ0v) is 12.4. The highest BCUT2D eigenvalue weighted by atomic mass is 19.4. The molecule has 9 heteroatoms. The number of carbonyl (C=O) groups is 1. The van der Waals surface area contributed by atoms with E-state index in [2.05, 4.69) is 10.1 Å². The molecular formula is C14H15F3N4O2. The van der Waals surface area contributed by atoms with Gasteiger partial charge in [0.15, 0.2) is 6.10 Å². The number of hydrogen-bond acceptors (Lipinski definition) is 4. The fourth-order valence-corrected chi connectivity index (χ4v) is 2.02. The summed E-state index contributed by atoms with van der Waals surface area (Å²) in [7, 11) is 1.21. The van der Waals surface area contributed by atoms with E-state index in [9.17, 15) is 18.0 Å². The molecule has 1 N–H and O–H groups in total. The Hall–Kier alpha value is -2.42. The molecule has 2 aromatic rings. The van der Waals surface area contributed by atoms with Gasteiger partial charge in [-0.25, -0.2) is 9.67 Å². The lowest BCUT2D eigenvalue weighted by Crippen LogP contribution is -2.41. The van der Waals surface area contributed by atoms with Crippen LogP contribution in [0.1, 0.15) is 15.9 Å². The molecule has 1 heterocycles. The van der Waals surface area contributed by atoms with Crippen molar-refractivity contribution in [3.63, 3.8) is 0 Å². The van der Waals surface area contributed by atoms with E-state index >= 15 is 0 Å². The molecule has 1 unspecified atom stereocenters. The molecule has 23 heavy (non-hydrogen) atoms. The smallest absolute Gasteiger partial charge is 0.382 e. The molecule has 0 radical (unpaired) electrons. The van der Waals surface area contributed by atoms with Crippen LogP contribution in [0.4, 0.5) is 13.2 Å². The van der Waals surface area contributed by atoms with Crippen molar-refractivity contribution in [2.24, 2.45) is 0 Å². The van der Waals surface area contributed by atoms with Crippen LogP contribution in [0.2, 0.25) is 0 Å². The lowest BCUT2D eigenvalue weighted by Gasteiger charge is -2.23. The van der Waals surface area contributed by atoms with Crippen LogP contribution >= 0.6 is 0 Å². The van der Waals surface area contributed by atoms with Gasteiger partial charge in [-0.1, -0.05) is 0 Å². The SMILES string of the molecule is Cc1cc(-n2cncn2)ccc1C(=O)N(C)CC(O)C(F)(F)F. The molecule has 0 bridgehead atoms. The van der Waals surface area contributed by atoms with Gasteiger partial charge >= 0.3 is 6.18 Å². The maximum absolute atomic E-state index is 12.4. The summed E-state index contributed by atoms with van der Waals surface area (Å²) in [5, 5.41) is 13.0. The molecule has 1 aromatic carbocycles. The van der Waals surface area contributed by atoms with Crippen LogP contribution in [0, 0.1) is 6.92 Å². The maximum Gasteiger partial charge on any atom is 0.416 e. The second-order valence-corrected chi connectivity index (χ2v) is 5.08. The van der Waals surface area contributed by atoms with Crippen LogP contribution in [0.15, 0.2) is 30.9 Å². The summed E-state index contributed by atoms with van der Waals surface area (Å²) in [5.74, 6) is -0.601. The third kappa shape index (κ3) is 3.86. The number of carbonyl (C=O) groups excluding carboxylic acids is 1. The molecule has 6 nitrogen and oxygen atoms in total. The normalized spacial score (nSPS) is 13.0. The number of aryl methyl sites for hydroxylation is 1. The minimum atomic E-state index is -4.76. The molecule has 0 fully saturated rings. The van der Waals surface area contributed by atoms with Gasteiger partial charge in [0.2, 0.25) is 0 Å². The summed E-state index contributed by atoms with van der Waals surface area (Å²) in [6.07, 6.45) is -4.49. The van der Waals surface area contributed by atoms with Crippen molar-refractivity contribution < 1.29 is 23.1 Å². The topological polar surface area (TPSA) is 71.2 Å². The Morgan fingerprint density at radius 1 is 1.43 bits per heavy atom. The Kier molecular flexibility index (Phi) is 4.69. The minimum absolute atomic E-state index is 0.255. The summed E-state index contributed by atoms with van der Waals surface area (Å²) in [4.78, 5) is 16.9. The number of alkyl halides is 3. The second-order valence-electron chi connectivity index (χ2n) is 5.08. The minimum Gasteiger partial charge on any atom is -0.382 e. The first-order chi connectivity index (χ1) is 10.7. The van der Waals surface area contributed by atoms with Gasteiger partial charge in [-0.05, 0) is 30.7 Å². The summed E-state index contributed by atoms with van der Waals surface area (Å²) in [6.45, 7) is 0.842. The molecule has 0 aliphatic rings. The van der Waals surface area contributed by atoms with Gasteiger partial charge in [0.25, 0.3) is 5.91 Å². The Bertz CT molecular complexity index is 686. The van der Waals surface area contributed by atoms with E-state index in [1.54, 1.807) is 19.1 Å². The lowest BCUT2D eigenvalue weighted by molar-refractivity contribution is -0.205. The fourth-order valence-electron chi connectivity index (χ4n) is 2.02. The van der Waals surface area contributed by atoms with Crippen molar-refractivity contribution in [3.8, 4) is 5.69 Å². The molecule has 1 amide bonds. The van der Waals surface area contributed by atoms with Crippen LogP contribution in [0.3, 0.4) is 0 Å². The van der Waals surface area contributed by atoms with Crippen molar-refractivity contribution >= 4 is 5.91 Å². The van der Waals surface area contributed by atoms with Crippen molar-refractivity contribution in [1.29, 1.82) is 0 Å². The summed E-state index contributed by atoms with van der Waals surface area (Å²) >= 11 is 0. The number of aliphatic hydroxyl groups is 1. The van der Waals surface area contributed by atoms with Gasteiger partial charge in [-0.3, -0.25) is 4.79 Å². The van der Waals surface area contributed by atoms with E-state index in [0.717, 1.165) is 4.90 Å². The number of likely N-dealkylation sites (N-methyl/N-ethyl adjacent to an activating group) is 1. The number of halogens is 3. The highest BCUT2D eigenvalue weighted by molar-refractivity contribution is 5.95. The Morgan fingerprint density at radius 3 is 2.65 bits per heavy atom. The van der Waals surface area contributed by atoms with E-state index in [4.69, 9.17) is 5.11 Å². The quantitative estimate of drug-likeness (QED) is 0.925. The Labute approximate surface area is 130 Å². The molecule has 1 atom stereocenters. The molecule has 0 spiro atoms. The highest BCUT2D eigenvalue weighted by Crippen LogP contribution is 2.21. The molecule has 1 aromatic heterocycles.